The standard InChI is InChI=1S/C27H29F3N4O3/c1-3-20(17-8-6-5-7-9-17)33-26(36)22-14-19(23-16-37-13-12-34(22)23)25(35)32-21(4-2)18-10-11-24(31-15-18)27(28,29)30/h5-11,14-15,20-21H,3-4,12-13,16H2,1-2H3,(H,32,35)(H,33,36)/t20?,21-/m1/s1. The maximum Gasteiger partial charge on any atom is 0.433 e. The molecule has 0 saturated carbocycles. The number of hydrogen-bond acceptors (Lipinski definition) is 4. The first-order valence-corrected chi connectivity index (χ1v) is 12.2. The average molecular weight is 515 g/mol. The number of alkyl halides is 3. The van der Waals surface area contributed by atoms with Crippen LogP contribution in [-0.2, 0) is 24.1 Å². The fourth-order valence-corrected chi connectivity index (χ4v) is 4.48. The largest absolute Gasteiger partial charge is 0.433 e. The molecule has 4 rings (SSSR count). The smallest absolute Gasteiger partial charge is 0.373 e. The Morgan fingerprint density at radius 1 is 1.00 bits per heavy atom. The molecule has 2 N–H and O–H groups in total. The van der Waals surface area contributed by atoms with Crippen molar-refractivity contribution in [2.75, 3.05) is 6.61 Å². The predicted octanol–water partition coefficient (Wildman–Crippen LogP) is 5.19. The number of carbonyl (C=O) groups is 2. The van der Waals surface area contributed by atoms with Crippen molar-refractivity contribution in [3.63, 3.8) is 0 Å². The van der Waals surface area contributed by atoms with Crippen molar-refractivity contribution in [2.24, 2.45) is 0 Å². The van der Waals surface area contributed by atoms with Crippen LogP contribution in [0.4, 0.5) is 13.2 Å². The molecule has 0 fully saturated rings. The van der Waals surface area contributed by atoms with Crippen LogP contribution in [0.3, 0.4) is 0 Å². The van der Waals surface area contributed by atoms with Crippen LogP contribution in [0, 0.1) is 0 Å². The summed E-state index contributed by atoms with van der Waals surface area (Å²) < 4.78 is 46.0. The Balaban J connectivity index is 1.56. The molecular weight excluding hydrogens is 485 g/mol. The Kier molecular flexibility index (Phi) is 7.97. The van der Waals surface area contributed by atoms with Gasteiger partial charge >= 0.3 is 6.18 Å². The van der Waals surface area contributed by atoms with E-state index in [-0.39, 0.29) is 18.6 Å². The summed E-state index contributed by atoms with van der Waals surface area (Å²) in [6.07, 6.45) is -2.28. The van der Waals surface area contributed by atoms with Gasteiger partial charge in [-0.25, -0.2) is 0 Å². The quantitative estimate of drug-likeness (QED) is 0.433. The summed E-state index contributed by atoms with van der Waals surface area (Å²) in [5.41, 5.74) is 1.70. The lowest BCUT2D eigenvalue weighted by Gasteiger charge is -2.22. The molecule has 1 aliphatic heterocycles. The maximum atomic E-state index is 13.3. The third-order valence-corrected chi connectivity index (χ3v) is 6.49. The van der Waals surface area contributed by atoms with Crippen molar-refractivity contribution in [3.8, 4) is 0 Å². The summed E-state index contributed by atoms with van der Waals surface area (Å²) in [7, 11) is 0. The Bertz CT molecular complexity index is 1240. The molecule has 1 aliphatic rings. The lowest BCUT2D eigenvalue weighted by Crippen LogP contribution is -2.31. The van der Waals surface area contributed by atoms with Gasteiger partial charge in [0.15, 0.2) is 0 Å². The van der Waals surface area contributed by atoms with Crippen molar-refractivity contribution in [3.05, 3.63) is 88.5 Å². The predicted molar refractivity (Wildman–Crippen MR) is 131 cm³/mol. The first kappa shape index (κ1) is 26.4. The summed E-state index contributed by atoms with van der Waals surface area (Å²) in [4.78, 5) is 30.1. The van der Waals surface area contributed by atoms with E-state index in [0.29, 0.717) is 48.5 Å². The highest BCUT2D eigenvalue weighted by Gasteiger charge is 2.33. The molecule has 3 aromatic rings. The van der Waals surface area contributed by atoms with Gasteiger partial charge in [-0.15, -0.1) is 0 Å². The van der Waals surface area contributed by atoms with E-state index in [1.165, 1.54) is 6.07 Å². The van der Waals surface area contributed by atoms with E-state index in [1.807, 2.05) is 44.2 Å². The molecule has 0 spiro atoms. The molecule has 7 nitrogen and oxygen atoms in total. The first-order chi connectivity index (χ1) is 17.7. The third kappa shape index (κ3) is 5.85. The number of hydrogen-bond donors (Lipinski definition) is 2. The lowest BCUT2D eigenvalue weighted by molar-refractivity contribution is -0.141. The molecule has 0 aliphatic carbocycles. The first-order valence-electron chi connectivity index (χ1n) is 12.2. The van der Waals surface area contributed by atoms with Gasteiger partial charge in [0.1, 0.15) is 11.4 Å². The highest BCUT2D eigenvalue weighted by molar-refractivity contribution is 6.01. The van der Waals surface area contributed by atoms with Crippen LogP contribution in [0.15, 0.2) is 54.7 Å². The highest BCUT2D eigenvalue weighted by Crippen LogP contribution is 2.29. The van der Waals surface area contributed by atoms with E-state index in [0.717, 1.165) is 17.8 Å². The van der Waals surface area contributed by atoms with Crippen molar-refractivity contribution in [1.82, 2.24) is 20.2 Å². The van der Waals surface area contributed by atoms with E-state index >= 15 is 0 Å². The number of aromatic nitrogens is 2. The fourth-order valence-electron chi connectivity index (χ4n) is 4.48. The van der Waals surface area contributed by atoms with Gasteiger partial charge in [0.05, 0.1) is 36.6 Å². The molecule has 2 aromatic heterocycles. The minimum atomic E-state index is -4.54. The summed E-state index contributed by atoms with van der Waals surface area (Å²) in [5.74, 6) is -0.730. The molecule has 37 heavy (non-hydrogen) atoms. The van der Waals surface area contributed by atoms with Gasteiger partial charge in [0.2, 0.25) is 0 Å². The monoisotopic (exact) mass is 514 g/mol. The van der Waals surface area contributed by atoms with Crippen LogP contribution in [0.5, 0.6) is 0 Å². The molecule has 3 heterocycles. The molecule has 0 bridgehead atoms. The zero-order valence-electron chi connectivity index (χ0n) is 20.6. The molecule has 2 atom stereocenters. The molecule has 0 radical (unpaired) electrons. The maximum absolute atomic E-state index is 13.3. The molecule has 1 aromatic carbocycles. The van der Waals surface area contributed by atoms with Gasteiger partial charge in [0.25, 0.3) is 11.8 Å². The number of benzene rings is 1. The number of ether oxygens (including phenoxy) is 1. The second-order valence-electron chi connectivity index (χ2n) is 8.85. The topological polar surface area (TPSA) is 85.3 Å². The number of rotatable bonds is 8. The summed E-state index contributed by atoms with van der Waals surface area (Å²) in [6, 6.07) is 12.7. The minimum absolute atomic E-state index is 0.171. The normalized spacial score (nSPS) is 14.9. The van der Waals surface area contributed by atoms with E-state index in [4.69, 9.17) is 4.74 Å². The Labute approximate surface area is 213 Å². The second-order valence-corrected chi connectivity index (χ2v) is 8.85. The van der Waals surface area contributed by atoms with Crippen LogP contribution in [0.2, 0.25) is 0 Å². The number of nitrogens with zero attached hydrogens (tertiary/aromatic N) is 2. The lowest BCUT2D eigenvalue weighted by atomic mass is 10.0. The number of halogens is 3. The Morgan fingerprint density at radius 2 is 1.68 bits per heavy atom. The van der Waals surface area contributed by atoms with Gasteiger partial charge in [-0.05, 0) is 36.1 Å². The summed E-state index contributed by atoms with van der Waals surface area (Å²) in [5, 5.41) is 5.94. The number of carbonyl (C=O) groups excluding carboxylic acids is 2. The van der Waals surface area contributed by atoms with Gasteiger partial charge in [-0.3, -0.25) is 14.6 Å². The van der Waals surface area contributed by atoms with Crippen molar-refractivity contribution >= 4 is 11.8 Å². The molecule has 1 unspecified atom stereocenters. The van der Waals surface area contributed by atoms with Gasteiger partial charge in [-0.1, -0.05) is 50.2 Å². The van der Waals surface area contributed by atoms with Crippen LogP contribution in [-0.4, -0.2) is 28.0 Å². The van der Waals surface area contributed by atoms with Crippen LogP contribution >= 0.6 is 0 Å². The average Bonchev–Trinajstić information content (AvgIpc) is 3.30. The molecule has 196 valence electrons. The van der Waals surface area contributed by atoms with Crippen molar-refractivity contribution in [1.29, 1.82) is 0 Å². The van der Waals surface area contributed by atoms with Crippen LogP contribution in [0.25, 0.3) is 0 Å². The molecular formula is C27H29F3N4O3. The van der Waals surface area contributed by atoms with E-state index in [2.05, 4.69) is 15.6 Å². The highest BCUT2D eigenvalue weighted by atomic mass is 19.4. The van der Waals surface area contributed by atoms with E-state index in [1.54, 1.807) is 10.6 Å². The minimum Gasteiger partial charge on any atom is -0.373 e. The summed E-state index contributed by atoms with van der Waals surface area (Å²) >= 11 is 0. The van der Waals surface area contributed by atoms with Gasteiger partial charge in [-0.2, -0.15) is 13.2 Å². The van der Waals surface area contributed by atoms with Gasteiger partial charge in [0, 0.05) is 12.7 Å². The van der Waals surface area contributed by atoms with Crippen LogP contribution < -0.4 is 10.6 Å². The van der Waals surface area contributed by atoms with Crippen LogP contribution in [0.1, 0.15) is 82.1 Å². The molecule has 0 saturated heterocycles. The van der Waals surface area contributed by atoms with E-state index in [9.17, 15) is 22.8 Å². The number of fused-ring (bicyclic) bond motifs is 1. The zero-order chi connectivity index (χ0) is 26.6. The Hall–Kier alpha value is -3.66. The van der Waals surface area contributed by atoms with Crippen molar-refractivity contribution in [2.45, 2.75) is 58.1 Å². The Morgan fingerprint density at radius 3 is 2.30 bits per heavy atom. The number of pyridine rings is 1. The van der Waals surface area contributed by atoms with E-state index < -0.39 is 23.8 Å². The summed E-state index contributed by atoms with van der Waals surface area (Å²) in [6.45, 7) is 4.80. The second kappa shape index (κ2) is 11.2. The van der Waals surface area contributed by atoms with Crippen molar-refractivity contribution < 1.29 is 27.5 Å². The third-order valence-electron chi connectivity index (χ3n) is 6.49. The number of nitrogens with one attached hydrogen (secondary N) is 2. The SMILES string of the molecule is CCC(NC(=O)c1cc(C(=O)N[C@H](CC)c2ccc(C(F)(F)F)nc2)c2n1CCOC2)c1ccccc1. The molecule has 2 amide bonds. The molecule has 10 heteroatoms. The van der Waals surface area contributed by atoms with Gasteiger partial charge < -0.3 is 19.9 Å². The fraction of sp³-hybridized carbons (Fsp3) is 0.370. The zero-order valence-corrected chi connectivity index (χ0v) is 20.6. The number of amides is 2.